The summed E-state index contributed by atoms with van der Waals surface area (Å²) in [7, 11) is 0. The van der Waals surface area contributed by atoms with Gasteiger partial charge < -0.3 is 4.74 Å². The van der Waals surface area contributed by atoms with Crippen LogP contribution in [0.15, 0.2) is 35.0 Å². The van der Waals surface area contributed by atoms with Crippen LogP contribution < -0.4 is 4.74 Å². The molecule has 1 saturated heterocycles. The number of rotatable bonds is 2. The fourth-order valence-electron chi connectivity index (χ4n) is 3.71. The lowest BCUT2D eigenvalue weighted by Crippen LogP contribution is -2.47. The van der Waals surface area contributed by atoms with Crippen LogP contribution in [-0.4, -0.2) is 36.3 Å². The number of benzene rings is 1. The number of hydrogen-bond donors (Lipinski definition) is 0. The molecule has 0 bridgehead atoms. The van der Waals surface area contributed by atoms with Crippen molar-refractivity contribution < 1.29 is 4.74 Å². The molecular weight excluding hydrogens is 260 g/mol. The summed E-state index contributed by atoms with van der Waals surface area (Å²) >= 11 is 0. The highest BCUT2D eigenvalue weighted by Crippen LogP contribution is 2.41. The molecule has 0 unspecified atom stereocenters. The summed E-state index contributed by atoms with van der Waals surface area (Å²) in [6.07, 6.45) is 8.56. The normalized spacial score (nSPS) is 23.2. The Hall–Kier alpha value is -1.61. The van der Waals surface area contributed by atoms with E-state index in [4.69, 9.17) is 4.74 Å². The van der Waals surface area contributed by atoms with Gasteiger partial charge in [0.1, 0.15) is 11.4 Å². The molecule has 1 aromatic rings. The van der Waals surface area contributed by atoms with Crippen LogP contribution in [0, 0.1) is 6.92 Å². The SMILES string of the molecule is Cc1ccc2c(c1)CC1(CCN(CC3=CCC=N3)CC1)O2. The van der Waals surface area contributed by atoms with E-state index < -0.39 is 0 Å². The van der Waals surface area contributed by atoms with Gasteiger partial charge in [0.25, 0.3) is 0 Å². The van der Waals surface area contributed by atoms with Crippen molar-refractivity contribution >= 4 is 6.21 Å². The van der Waals surface area contributed by atoms with Gasteiger partial charge in [0.05, 0.1) is 5.70 Å². The van der Waals surface area contributed by atoms with Crippen molar-refractivity contribution in [2.75, 3.05) is 19.6 Å². The predicted molar refractivity (Wildman–Crippen MR) is 85.1 cm³/mol. The summed E-state index contributed by atoms with van der Waals surface area (Å²) in [5.74, 6) is 1.11. The molecule has 1 aromatic carbocycles. The first-order valence-electron chi connectivity index (χ1n) is 7.95. The Labute approximate surface area is 126 Å². The molecule has 3 nitrogen and oxygen atoms in total. The Morgan fingerprint density at radius 1 is 1.29 bits per heavy atom. The molecule has 1 fully saturated rings. The van der Waals surface area contributed by atoms with Crippen LogP contribution in [0.2, 0.25) is 0 Å². The van der Waals surface area contributed by atoms with Crippen LogP contribution in [-0.2, 0) is 6.42 Å². The van der Waals surface area contributed by atoms with E-state index in [-0.39, 0.29) is 5.60 Å². The number of fused-ring (bicyclic) bond motifs is 1. The number of hydrogen-bond acceptors (Lipinski definition) is 3. The van der Waals surface area contributed by atoms with Crippen LogP contribution in [0.4, 0.5) is 0 Å². The van der Waals surface area contributed by atoms with E-state index in [0.29, 0.717) is 0 Å². The third kappa shape index (κ3) is 2.51. The Kier molecular flexibility index (Phi) is 3.11. The van der Waals surface area contributed by atoms with Gasteiger partial charge in [0, 0.05) is 51.5 Å². The fourth-order valence-corrected chi connectivity index (χ4v) is 3.71. The second-order valence-electron chi connectivity index (χ2n) is 6.59. The lowest BCUT2D eigenvalue weighted by Gasteiger charge is -2.38. The van der Waals surface area contributed by atoms with Gasteiger partial charge in [-0.05, 0) is 18.6 Å². The first-order chi connectivity index (χ1) is 10.2. The number of aryl methyl sites for hydroxylation is 1. The predicted octanol–water partition coefficient (Wildman–Crippen LogP) is 3.12. The number of nitrogens with zero attached hydrogens (tertiary/aromatic N) is 2. The molecular formula is C18H22N2O. The topological polar surface area (TPSA) is 24.8 Å². The lowest BCUT2D eigenvalue weighted by atomic mass is 9.87. The van der Waals surface area contributed by atoms with Gasteiger partial charge >= 0.3 is 0 Å². The van der Waals surface area contributed by atoms with Crippen molar-refractivity contribution in [3.05, 3.63) is 41.1 Å². The summed E-state index contributed by atoms with van der Waals surface area (Å²) in [4.78, 5) is 6.94. The van der Waals surface area contributed by atoms with Crippen LogP contribution >= 0.6 is 0 Å². The summed E-state index contributed by atoms with van der Waals surface area (Å²) < 4.78 is 6.34. The van der Waals surface area contributed by atoms with Crippen LogP contribution in [0.1, 0.15) is 30.4 Å². The first kappa shape index (κ1) is 13.1. The van der Waals surface area contributed by atoms with Crippen LogP contribution in [0.3, 0.4) is 0 Å². The monoisotopic (exact) mass is 282 g/mol. The van der Waals surface area contributed by atoms with E-state index in [9.17, 15) is 0 Å². The van der Waals surface area contributed by atoms with E-state index in [1.54, 1.807) is 0 Å². The Morgan fingerprint density at radius 3 is 2.90 bits per heavy atom. The summed E-state index contributed by atoms with van der Waals surface area (Å²) in [6, 6.07) is 6.58. The number of aliphatic imine (C=N–C) groups is 1. The first-order valence-corrected chi connectivity index (χ1v) is 7.95. The average molecular weight is 282 g/mol. The molecule has 0 radical (unpaired) electrons. The standard InChI is InChI=1S/C18H22N2O/c1-14-4-5-17-15(11-14)12-18(21-17)6-9-20(10-7-18)13-16-3-2-8-19-16/h3-5,8,11H,2,6-7,9-10,12-13H2,1H3. The number of piperidine rings is 1. The minimum absolute atomic E-state index is 0.0555. The molecule has 21 heavy (non-hydrogen) atoms. The second-order valence-corrected chi connectivity index (χ2v) is 6.59. The average Bonchev–Trinajstić information content (AvgIpc) is 3.09. The lowest BCUT2D eigenvalue weighted by molar-refractivity contribution is 0.0221. The Morgan fingerprint density at radius 2 is 2.14 bits per heavy atom. The molecule has 1 spiro atoms. The minimum Gasteiger partial charge on any atom is -0.487 e. The molecule has 0 saturated carbocycles. The van der Waals surface area contributed by atoms with E-state index >= 15 is 0 Å². The molecule has 0 N–H and O–H groups in total. The second kappa shape index (κ2) is 4.99. The third-order valence-corrected chi connectivity index (χ3v) is 4.92. The van der Waals surface area contributed by atoms with Gasteiger partial charge in [-0.1, -0.05) is 23.8 Å². The molecule has 3 heterocycles. The maximum absolute atomic E-state index is 6.34. The van der Waals surface area contributed by atoms with Crippen molar-refractivity contribution in [3.8, 4) is 5.75 Å². The molecule has 0 aliphatic carbocycles. The van der Waals surface area contributed by atoms with Gasteiger partial charge in [-0.25, -0.2) is 0 Å². The summed E-state index contributed by atoms with van der Waals surface area (Å²) in [6.45, 7) is 5.38. The zero-order chi connectivity index (χ0) is 14.3. The number of likely N-dealkylation sites (tertiary alicyclic amines) is 1. The van der Waals surface area contributed by atoms with E-state index in [2.05, 4.69) is 41.1 Å². The van der Waals surface area contributed by atoms with Crippen molar-refractivity contribution in [2.24, 2.45) is 4.99 Å². The van der Waals surface area contributed by atoms with Crippen LogP contribution in [0.25, 0.3) is 0 Å². The molecule has 3 aliphatic rings. The highest BCUT2D eigenvalue weighted by atomic mass is 16.5. The molecule has 0 amide bonds. The third-order valence-electron chi connectivity index (χ3n) is 4.92. The highest BCUT2D eigenvalue weighted by molar-refractivity contribution is 5.64. The van der Waals surface area contributed by atoms with Gasteiger partial charge in [0.2, 0.25) is 0 Å². The van der Waals surface area contributed by atoms with Gasteiger partial charge in [-0.15, -0.1) is 0 Å². The zero-order valence-corrected chi connectivity index (χ0v) is 12.6. The maximum Gasteiger partial charge on any atom is 0.123 e. The zero-order valence-electron chi connectivity index (χ0n) is 12.6. The largest absolute Gasteiger partial charge is 0.487 e. The van der Waals surface area contributed by atoms with Gasteiger partial charge in [0.15, 0.2) is 0 Å². The fraction of sp³-hybridized carbons (Fsp3) is 0.500. The molecule has 0 atom stereocenters. The highest BCUT2D eigenvalue weighted by Gasteiger charge is 2.41. The van der Waals surface area contributed by atoms with E-state index in [1.165, 1.54) is 16.8 Å². The minimum atomic E-state index is 0.0555. The van der Waals surface area contributed by atoms with E-state index in [0.717, 1.165) is 51.1 Å². The van der Waals surface area contributed by atoms with Gasteiger partial charge in [-0.3, -0.25) is 9.89 Å². The van der Waals surface area contributed by atoms with E-state index in [1.807, 2.05) is 6.21 Å². The van der Waals surface area contributed by atoms with Crippen molar-refractivity contribution in [3.63, 3.8) is 0 Å². The molecule has 3 heteroatoms. The quantitative estimate of drug-likeness (QED) is 0.832. The maximum atomic E-state index is 6.34. The summed E-state index contributed by atoms with van der Waals surface area (Å²) in [5.41, 5.74) is 4.02. The Bertz CT molecular complexity index is 610. The summed E-state index contributed by atoms with van der Waals surface area (Å²) in [5, 5.41) is 0. The molecule has 110 valence electrons. The Balaban J connectivity index is 1.40. The number of allylic oxidation sites excluding steroid dienone is 1. The number of ether oxygens (including phenoxy) is 1. The van der Waals surface area contributed by atoms with Crippen LogP contribution in [0.5, 0.6) is 5.75 Å². The molecule has 0 aromatic heterocycles. The molecule has 3 aliphatic heterocycles. The van der Waals surface area contributed by atoms with Gasteiger partial charge in [-0.2, -0.15) is 0 Å². The molecule has 4 rings (SSSR count). The van der Waals surface area contributed by atoms with Crippen molar-refractivity contribution in [1.29, 1.82) is 0 Å². The smallest absolute Gasteiger partial charge is 0.123 e. The van der Waals surface area contributed by atoms with Crippen molar-refractivity contribution in [2.45, 2.75) is 38.2 Å². The van der Waals surface area contributed by atoms with Crippen molar-refractivity contribution in [1.82, 2.24) is 4.90 Å².